The Hall–Kier alpha value is -1.06. The highest BCUT2D eigenvalue weighted by atomic mass is 16.3. The van der Waals surface area contributed by atoms with Crippen LogP contribution in [-0.4, -0.2) is 31.3 Å². The molecule has 112 valence electrons. The zero-order valence-electron chi connectivity index (χ0n) is 12.8. The molecule has 0 spiro atoms. The fraction of sp³-hybridized carbons (Fsp3) is 0.647. The van der Waals surface area contributed by atoms with Gasteiger partial charge in [0.2, 0.25) is 0 Å². The second-order valence-corrected chi connectivity index (χ2v) is 5.70. The Morgan fingerprint density at radius 1 is 1.25 bits per heavy atom. The zero-order valence-corrected chi connectivity index (χ0v) is 12.8. The Morgan fingerprint density at radius 2 is 1.90 bits per heavy atom. The molecule has 0 aliphatic heterocycles. The van der Waals surface area contributed by atoms with E-state index in [0.717, 1.165) is 13.0 Å². The number of rotatable bonds is 7. The average molecular weight is 276 g/mol. The third kappa shape index (κ3) is 3.53. The number of nitrogens with one attached hydrogen (secondary N) is 1. The molecule has 1 saturated carbocycles. The van der Waals surface area contributed by atoms with Crippen LogP contribution in [0, 0.1) is 0 Å². The first-order valence-corrected chi connectivity index (χ1v) is 7.94. The number of aliphatic hydroxyl groups excluding tert-OH is 1. The summed E-state index contributed by atoms with van der Waals surface area (Å²) in [5.41, 5.74) is 2.59. The molecule has 1 unspecified atom stereocenters. The first-order chi connectivity index (χ1) is 9.80. The largest absolute Gasteiger partial charge is 0.395 e. The number of hydrogen-bond acceptors (Lipinski definition) is 3. The second-order valence-electron chi connectivity index (χ2n) is 5.70. The van der Waals surface area contributed by atoms with Crippen LogP contribution in [0.4, 0.5) is 5.69 Å². The highest BCUT2D eigenvalue weighted by Gasteiger charge is 2.22. The van der Waals surface area contributed by atoms with Gasteiger partial charge < -0.3 is 15.3 Å². The Morgan fingerprint density at radius 3 is 2.40 bits per heavy atom. The maximum Gasteiger partial charge on any atom is 0.0606 e. The SMILES string of the molecule is CCC(NC)c1ccc(N(CCO)C2CCCC2)cc1. The van der Waals surface area contributed by atoms with Crippen molar-refractivity contribution in [1.29, 1.82) is 0 Å². The predicted octanol–water partition coefficient (Wildman–Crippen LogP) is 3.10. The van der Waals surface area contributed by atoms with Crippen LogP contribution < -0.4 is 10.2 Å². The van der Waals surface area contributed by atoms with E-state index in [4.69, 9.17) is 0 Å². The first kappa shape index (κ1) is 15.3. The lowest BCUT2D eigenvalue weighted by Gasteiger charge is -2.31. The number of nitrogens with zero attached hydrogens (tertiary/aromatic N) is 1. The molecule has 0 radical (unpaired) electrons. The highest BCUT2D eigenvalue weighted by Crippen LogP contribution is 2.29. The summed E-state index contributed by atoms with van der Waals surface area (Å²) in [6.07, 6.45) is 6.26. The van der Waals surface area contributed by atoms with Gasteiger partial charge in [-0.05, 0) is 44.0 Å². The molecule has 0 amide bonds. The van der Waals surface area contributed by atoms with Gasteiger partial charge in [0.15, 0.2) is 0 Å². The quantitative estimate of drug-likeness (QED) is 0.803. The van der Waals surface area contributed by atoms with E-state index in [1.54, 1.807) is 0 Å². The van der Waals surface area contributed by atoms with E-state index in [1.165, 1.54) is 36.9 Å². The normalized spacial score (nSPS) is 17.4. The third-order valence-electron chi connectivity index (χ3n) is 4.49. The van der Waals surface area contributed by atoms with E-state index in [9.17, 15) is 5.11 Å². The van der Waals surface area contributed by atoms with Gasteiger partial charge in [-0.15, -0.1) is 0 Å². The fourth-order valence-electron chi connectivity index (χ4n) is 3.35. The van der Waals surface area contributed by atoms with Gasteiger partial charge in [0.1, 0.15) is 0 Å². The summed E-state index contributed by atoms with van der Waals surface area (Å²) in [5.74, 6) is 0. The van der Waals surface area contributed by atoms with Crippen molar-refractivity contribution in [2.45, 2.75) is 51.1 Å². The molecule has 3 nitrogen and oxygen atoms in total. The van der Waals surface area contributed by atoms with Crippen molar-refractivity contribution in [1.82, 2.24) is 5.32 Å². The summed E-state index contributed by atoms with van der Waals surface area (Å²) in [6.45, 7) is 3.17. The van der Waals surface area contributed by atoms with Crippen molar-refractivity contribution in [2.24, 2.45) is 0 Å². The molecule has 1 aromatic carbocycles. The van der Waals surface area contributed by atoms with Crippen molar-refractivity contribution in [3.05, 3.63) is 29.8 Å². The molecule has 1 fully saturated rings. The second kappa shape index (κ2) is 7.65. The van der Waals surface area contributed by atoms with Crippen LogP contribution in [-0.2, 0) is 0 Å². The summed E-state index contributed by atoms with van der Waals surface area (Å²) in [4.78, 5) is 2.39. The molecule has 0 bridgehead atoms. The summed E-state index contributed by atoms with van der Waals surface area (Å²) in [7, 11) is 2.01. The van der Waals surface area contributed by atoms with Crippen molar-refractivity contribution < 1.29 is 5.11 Å². The predicted molar refractivity (Wildman–Crippen MR) is 85.2 cm³/mol. The fourth-order valence-corrected chi connectivity index (χ4v) is 3.35. The minimum Gasteiger partial charge on any atom is -0.395 e. The molecule has 0 aromatic heterocycles. The molecule has 20 heavy (non-hydrogen) atoms. The Labute approximate surface area is 123 Å². The third-order valence-corrected chi connectivity index (χ3v) is 4.49. The summed E-state index contributed by atoms with van der Waals surface area (Å²) in [5, 5.41) is 12.7. The van der Waals surface area contributed by atoms with Crippen LogP contribution in [0.15, 0.2) is 24.3 Å². The van der Waals surface area contributed by atoms with Crippen molar-refractivity contribution in [3.63, 3.8) is 0 Å². The van der Waals surface area contributed by atoms with E-state index in [2.05, 4.69) is 41.4 Å². The molecule has 1 atom stereocenters. The van der Waals surface area contributed by atoms with E-state index in [1.807, 2.05) is 7.05 Å². The minimum absolute atomic E-state index is 0.229. The first-order valence-electron chi connectivity index (χ1n) is 7.94. The molecule has 3 heteroatoms. The lowest BCUT2D eigenvalue weighted by atomic mass is 10.0. The van der Waals surface area contributed by atoms with E-state index < -0.39 is 0 Å². The number of aliphatic hydroxyl groups is 1. The maximum absolute atomic E-state index is 9.33. The van der Waals surface area contributed by atoms with Crippen LogP contribution in [0.25, 0.3) is 0 Å². The van der Waals surface area contributed by atoms with Gasteiger partial charge in [-0.1, -0.05) is 31.9 Å². The van der Waals surface area contributed by atoms with Gasteiger partial charge in [0, 0.05) is 24.3 Å². The highest BCUT2D eigenvalue weighted by molar-refractivity contribution is 5.49. The van der Waals surface area contributed by atoms with Crippen LogP contribution >= 0.6 is 0 Å². The minimum atomic E-state index is 0.229. The molecule has 0 saturated heterocycles. The van der Waals surface area contributed by atoms with Crippen LogP contribution in [0.5, 0.6) is 0 Å². The molecule has 1 aromatic rings. The summed E-state index contributed by atoms with van der Waals surface area (Å²) in [6, 6.07) is 9.91. The maximum atomic E-state index is 9.33. The number of anilines is 1. The van der Waals surface area contributed by atoms with Crippen LogP contribution in [0.1, 0.15) is 50.6 Å². The molecular formula is C17H28N2O. The molecular weight excluding hydrogens is 248 g/mol. The van der Waals surface area contributed by atoms with Gasteiger partial charge in [0.25, 0.3) is 0 Å². The Kier molecular flexibility index (Phi) is 5.86. The molecule has 0 heterocycles. The smallest absolute Gasteiger partial charge is 0.0606 e. The summed E-state index contributed by atoms with van der Waals surface area (Å²) >= 11 is 0. The van der Waals surface area contributed by atoms with Crippen molar-refractivity contribution in [3.8, 4) is 0 Å². The molecule has 1 aliphatic rings. The van der Waals surface area contributed by atoms with Gasteiger partial charge in [0.05, 0.1) is 6.61 Å². The van der Waals surface area contributed by atoms with Gasteiger partial charge in [-0.2, -0.15) is 0 Å². The van der Waals surface area contributed by atoms with Gasteiger partial charge in [-0.3, -0.25) is 0 Å². The topological polar surface area (TPSA) is 35.5 Å². The summed E-state index contributed by atoms with van der Waals surface area (Å²) < 4.78 is 0. The van der Waals surface area contributed by atoms with E-state index in [-0.39, 0.29) is 6.61 Å². The van der Waals surface area contributed by atoms with E-state index in [0.29, 0.717) is 12.1 Å². The van der Waals surface area contributed by atoms with Crippen LogP contribution in [0.3, 0.4) is 0 Å². The molecule has 2 N–H and O–H groups in total. The van der Waals surface area contributed by atoms with Gasteiger partial charge in [-0.25, -0.2) is 0 Å². The molecule has 1 aliphatic carbocycles. The van der Waals surface area contributed by atoms with Crippen molar-refractivity contribution in [2.75, 3.05) is 25.1 Å². The van der Waals surface area contributed by atoms with Crippen molar-refractivity contribution >= 4 is 5.69 Å². The number of benzene rings is 1. The van der Waals surface area contributed by atoms with Crippen LogP contribution in [0.2, 0.25) is 0 Å². The zero-order chi connectivity index (χ0) is 14.4. The lowest BCUT2D eigenvalue weighted by molar-refractivity contribution is 0.297. The Balaban J connectivity index is 2.12. The average Bonchev–Trinajstić information content (AvgIpc) is 3.01. The Bertz CT molecular complexity index is 380. The van der Waals surface area contributed by atoms with E-state index >= 15 is 0 Å². The monoisotopic (exact) mass is 276 g/mol. The van der Waals surface area contributed by atoms with Gasteiger partial charge >= 0.3 is 0 Å². The standard InChI is InChI=1S/C17H28N2O/c1-3-17(18-2)14-8-10-16(11-9-14)19(12-13-20)15-6-4-5-7-15/h8-11,15,17-18,20H,3-7,12-13H2,1-2H3. The lowest BCUT2D eigenvalue weighted by Crippen LogP contribution is -2.35. The molecule has 2 rings (SSSR count). The number of hydrogen-bond donors (Lipinski definition) is 2.